The fraction of sp³-hybridized carbons (Fsp3) is 0.533. The number of hydrogen-bond acceptors (Lipinski definition) is 3. The Balaban J connectivity index is 1.56. The standard InChI is InChI=1S/C15H21N3O2/c1-20-14-5-3-2-4-13(14)16-15(19)18-10-8-17(9-11-18)12-6-7-12/h2-5,12H,6-11H2,1H3,(H,16,19). The Morgan fingerprint density at radius 3 is 2.55 bits per heavy atom. The Bertz CT molecular complexity index is 480. The minimum Gasteiger partial charge on any atom is -0.495 e. The summed E-state index contributed by atoms with van der Waals surface area (Å²) in [7, 11) is 1.61. The number of methoxy groups -OCH3 is 1. The van der Waals surface area contributed by atoms with Crippen molar-refractivity contribution >= 4 is 11.7 Å². The van der Waals surface area contributed by atoms with Gasteiger partial charge in [0.25, 0.3) is 0 Å². The van der Waals surface area contributed by atoms with Crippen molar-refractivity contribution in [3.8, 4) is 5.75 Å². The van der Waals surface area contributed by atoms with Crippen molar-refractivity contribution in [2.75, 3.05) is 38.6 Å². The van der Waals surface area contributed by atoms with E-state index in [-0.39, 0.29) is 6.03 Å². The van der Waals surface area contributed by atoms with Crippen LogP contribution in [0.2, 0.25) is 0 Å². The predicted molar refractivity (Wildman–Crippen MR) is 78.2 cm³/mol. The third-order valence-corrected chi connectivity index (χ3v) is 4.01. The number of para-hydroxylation sites is 2. The summed E-state index contributed by atoms with van der Waals surface area (Å²) in [5.74, 6) is 0.692. The van der Waals surface area contributed by atoms with Crippen LogP contribution in [0.3, 0.4) is 0 Å². The van der Waals surface area contributed by atoms with E-state index in [0.717, 1.165) is 37.9 Å². The summed E-state index contributed by atoms with van der Waals surface area (Å²) in [4.78, 5) is 16.6. The first-order valence-electron chi connectivity index (χ1n) is 7.21. The van der Waals surface area contributed by atoms with Crippen molar-refractivity contribution in [3.63, 3.8) is 0 Å². The van der Waals surface area contributed by atoms with Gasteiger partial charge in [-0.25, -0.2) is 4.79 Å². The quantitative estimate of drug-likeness (QED) is 0.917. The minimum absolute atomic E-state index is 0.0371. The van der Waals surface area contributed by atoms with Crippen LogP contribution in [0.4, 0.5) is 10.5 Å². The average Bonchev–Trinajstić information content (AvgIpc) is 3.32. The van der Waals surface area contributed by atoms with Crippen molar-refractivity contribution in [2.24, 2.45) is 0 Å². The SMILES string of the molecule is COc1ccccc1NC(=O)N1CCN(C2CC2)CC1. The van der Waals surface area contributed by atoms with E-state index in [9.17, 15) is 4.79 Å². The molecule has 3 rings (SSSR count). The Labute approximate surface area is 119 Å². The molecular formula is C15H21N3O2. The van der Waals surface area contributed by atoms with Gasteiger partial charge in [-0.3, -0.25) is 4.90 Å². The Morgan fingerprint density at radius 1 is 1.20 bits per heavy atom. The highest BCUT2D eigenvalue weighted by molar-refractivity contribution is 5.91. The third-order valence-electron chi connectivity index (χ3n) is 4.01. The molecule has 5 nitrogen and oxygen atoms in total. The van der Waals surface area contributed by atoms with Crippen molar-refractivity contribution in [2.45, 2.75) is 18.9 Å². The number of carbonyl (C=O) groups is 1. The van der Waals surface area contributed by atoms with E-state index < -0.39 is 0 Å². The number of ether oxygens (including phenoxy) is 1. The summed E-state index contributed by atoms with van der Waals surface area (Å²) >= 11 is 0. The van der Waals surface area contributed by atoms with Crippen LogP contribution < -0.4 is 10.1 Å². The molecule has 0 bridgehead atoms. The molecule has 5 heteroatoms. The zero-order chi connectivity index (χ0) is 13.9. The zero-order valence-electron chi connectivity index (χ0n) is 11.8. The average molecular weight is 275 g/mol. The van der Waals surface area contributed by atoms with E-state index in [0.29, 0.717) is 5.75 Å². The molecule has 0 radical (unpaired) electrons. The van der Waals surface area contributed by atoms with Crippen LogP contribution in [0.5, 0.6) is 5.75 Å². The molecule has 1 heterocycles. The van der Waals surface area contributed by atoms with Crippen molar-refractivity contribution in [1.29, 1.82) is 0 Å². The molecule has 2 amide bonds. The molecule has 0 unspecified atom stereocenters. The Hall–Kier alpha value is -1.75. The Kier molecular flexibility index (Phi) is 3.78. The molecule has 1 aromatic rings. The number of urea groups is 1. The summed E-state index contributed by atoms with van der Waals surface area (Å²) < 4.78 is 5.25. The molecular weight excluding hydrogens is 254 g/mol. The summed E-state index contributed by atoms with van der Waals surface area (Å²) in [6, 6.07) is 8.24. The normalized spacial score (nSPS) is 19.8. The fourth-order valence-electron chi connectivity index (χ4n) is 2.67. The van der Waals surface area contributed by atoms with Crippen LogP contribution in [-0.2, 0) is 0 Å². The largest absolute Gasteiger partial charge is 0.495 e. The van der Waals surface area contributed by atoms with Crippen LogP contribution in [0.1, 0.15) is 12.8 Å². The summed E-state index contributed by atoms with van der Waals surface area (Å²) in [6.07, 6.45) is 2.65. The number of piperazine rings is 1. The maximum atomic E-state index is 12.3. The van der Waals surface area contributed by atoms with E-state index in [2.05, 4.69) is 10.2 Å². The molecule has 1 saturated carbocycles. The minimum atomic E-state index is -0.0371. The second-order valence-corrected chi connectivity index (χ2v) is 5.38. The third kappa shape index (κ3) is 2.88. The fourth-order valence-corrected chi connectivity index (χ4v) is 2.67. The van der Waals surface area contributed by atoms with Crippen LogP contribution >= 0.6 is 0 Å². The van der Waals surface area contributed by atoms with Gasteiger partial charge in [-0.1, -0.05) is 12.1 Å². The highest BCUT2D eigenvalue weighted by Gasteiger charge is 2.32. The van der Waals surface area contributed by atoms with Crippen LogP contribution in [0, 0.1) is 0 Å². The first-order chi connectivity index (χ1) is 9.78. The predicted octanol–water partition coefficient (Wildman–Crippen LogP) is 2.01. The lowest BCUT2D eigenvalue weighted by molar-refractivity contribution is 0.142. The number of benzene rings is 1. The lowest BCUT2D eigenvalue weighted by Gasteiger charge is -2.34. The van der Waals surface area contributed by atoms with Gasteiger partial charge in [0.15, 0.2) is 0 Å². The topological polar surface area (TPSA) is 44.8 Å². The van der Waals surface area contributed by atoms with Gasteiger partial charge in [0.1, 0.15) is 5.75 Å². The molecule has 1 aliphatic heterocycles. The van der Waals surface area contributed by atoms with Gasteiger partial charge >= 0.3 is 6.03 Å². The first kappa shape index (κ1) is 13.2. The van der Waals surface area contributed by atoms with E-state index >= 15 is 0 Å². The molecule has 0 spiro atoms. The number of carbonyl (C=O) groups excluding carboxylic acids is 1. The molecule has 1 aromatic carbocycles. The van der Waals surface area contributed by atoms with E-state index in [1.807, 2.05) is 29.2 Å². The molecule has 20 heavy (non-hydrogen) atoms. The van der Waals surface area contributed by atoms with Crippen LogP contribution in [0.15, 0.2) is 24.3 Å². The lowest BCUT2D eigenvalue weighted by Crippen LogP contribution is -2.50. The van der Waals surface area contributed by atoms with Crippen molar-refractivity contribution in [3.05, 3.63) is 24.3 Å². The molecule has 1 saturated heterocycles. The van der Waals surface area contributed by atoms with Crippen molar-refractivity contribution in [1.82, 2.24) is 9.80 Å². The van der Waals surface area contributed by atoms with Gasteiger partial charge < -0.3 is 15.0 Å². The molecule has 108 valence electrons. The van der Waals surface area contributed by atoms with Gasteiger partial charge in [-0.05, 0) is 25.0 Å². The monoisotopic (exact) mass is 275 g/mol. The van der Waals surface area contributed by atoms with Crippen LogP contribution in [0.25, 0.3) is 0 Å². The lowest BCUT2D eigenvalue weighted by atomic mass is 10.3. The van der Waals surface area contributed by atoms with Gasteiger partial charge in [-0.15, -0.1) is 0 Å². The number of rotatable bonds is 3. The van der Waals surface area contributed by atoms with Gasteiger partial charge in [-0.2, -0.15) is 0 Å². The molecule has 2 fully saturated rings. The van der Waals surface area contributed by atoms with Gasteiger partial charge in [0.05, 0.1) is 12.8 Å². The second-order valence-electron chi connectivity index (χ2n) is 5.38. The molecule has 0 aromatic heterocycles. The molecule has 1 aliphatic carbocycles. The number of hydrogen-bond donors (Lipinski definition) is 1. The maximum Gasteiger partial charge on any atom is 0.322 e. The first-order valence-corrected chi connectivity index (χ1v) is 7.21. The number of anilines is 1. The van der Waals surface area contributed by atoms with Crippen molar-refractivity contribution < 1.29 is 9.53 Å². The van der Waals surface area contributed by atoms with Gasteiger partial charge in [0, 0.05) is 32.2 Å². The van der Waals surface area contributed by atoms with Gasteiger partial charge in [0.2, 0.25) is 0 Å². The Morgan fingerprint density at radius 2 is 1.90 bits per heavy atom. The maximum absolute atomic E-state index is 12.3. The van der Waals surface area contributed by atoms with E-state index in [1.54, 1.807) is 7.11 Å². The molecule has 1 N–H and O–H groups in total. The highest BCUT2D eigenvalue weighted by atomic mass is 16.5. The highest BCUT2D eigenvalue weighted by Crippen LogP contribution is 2.28. The van der Waals surface area contributed by atoms with E-state index in [4.69, 9.17) is 4.74 Å². The second kappa shape index (κ2) is 5.71. The molecule has 2 aliphatic rings. The zero-order valence-corrected chi connectivity index (χ0v) is 11.8. The summed E-state index contributed by atoms with van der Waals surface area (Å²) in [5.41, 5.74) is 0.727. The smallest absolute Gasteiger partial charge is 0.322 e. The van der Waals surface area contributed by atoms with Crippen LogP contribution in [-0.4, -0.2) is 55.2 Å². The number of amides is 2. The number of nitrogens with zero attached hydrogens (tertiary/aromatic N) is 2. The summed E-state index contributed by atoms with van der Waals surface area (Å²) in [6.45, 7) is 3.59. The molecule has 0 atom stereocenters. The summed E-state index contributed by atoms with van der Waals surface area (Å²) in [5, 5.41) is 2.93. The van der Waals surface area contributed by atoms with E-state index in [1.165, 1.54) is 12.8 Å². The number of nitrogens with one attached hydrogen (secondary N) is 1.